The molecule has 2 aliphatic carbocycles. The Morgan fingerprint density at radius 2 is 1.78 bits per heavy atom. The SMILES string of the molecule is CC1CCC(CCC2CCc3c(cc(F)c(C#N)c3F)C2)CC1. The van der Waals surface area contributed by atoms with Crippen molar-refractivity contribution < 1.29 is 8.78 Å². The molecule has 1 saturated carbocycles. The summed E-state index contributed by atoms with van der Waals surface area (Å²) in [6.45, 7) is 2.34. The maximum atomic E-state index is 14.2. The van der Waals surface area contributed by atoms with E-state index in [2.05, 4.69) is 6.92 Å². The van der Waals surface area contributed by atoms with Gasteiger partial charge in [0.2, 0.25) is 0 Å². The van der Waals surface area contributed by atoms with Crippen LogP contribution in [0.2, 0.25) is 0 Å². The summed E-state index contributed by atoms with van der Waals surface area (Å²) in [4.78, 5) is 0. The molecule has 1 aromatic carbocycles. The predicted octanol–water partition coefficient (Wildman–Crippen LogP) is 5.55. The average molecular weight is 317 g/mol. The van der Waals surface area contributed by atoms with Crippen LogP contribution in [0.15, 0.2) is 6.07 Å². The van der Waals surface area contributed by atoms with Crippen LogP contribution < -0.4 is 0 Å². The molecule has 1 atom stereocenters. The fourth-order valence-corrected chi connectivity index (χ4v) is 4.36. The molecule has 0 bridgehead atoms. The minimum absolute atomic E-state index is 0.418. The van der Waals surface area contributed by atoms with Gasteiger partial charge in [0.25, 0.3) is 0 Å². The van der Waals surface area contributed by atoms with E-state index >= 15 is 0 Å². The van der Waals surface area contributed by atoms with Gasteiger partial charge < -0.3 is 0 Å². The van der Waals surface area contributed by atoms with Gasteiger partial charge in [-0.25, -0.2) is 8.78 Å². The van der Waals surface area contributed by atoms with Crippen LogP contribution in [0, 0.1) is 40.7 Å². The minimum atomic E-state index is -0.703. The summed E-state index contributed by atoms with van der Waals surface area (Å²) in [5, 5.41) is 8.87. The fourth-order valence-electron chi connectivity index (χ4n) is 4.36. The van der Waals surface area contributed by atoms with Gasteiger partial charge in [-0.15, -0.1) is 0 Å². The standard InChI is InChI=1S/C20H25F2N/c1-13-2-4-14(5-3-13)6-7-15-8-9-17-16(10-15)11-19(21)18(12-23)20(17)22/h11,13-15H,2-10H2,1H3. The Labute approximate surface area is 137 Å². The van der Waals surface area contributed by atoms with Gasteiger partial charge >= 0.3 is 0 Å². The quantitative estimate of drug-likeness (QED) is 0.717. The third-order valence-electron chi connectivity index (χ3n) is 5.95. The number of rotatable bonds is 3. The summed E-state index contributed by atoms with van der Waals surface area (Å²) in [5.74, 6) is 0.941. The molecule has 0 amide bonds. The number of nitrogens with zero attached hydrogens (tertiary/aromatic N) is 1. The number of halogens is 2. The summed E-state index contributed by atoms with van der Waals surface area (Å²) in [6.07, 6.45) is 10.2. The summed E-state index contributed by atoms with van der Waals surface area (Å²) in [5.41, 5.74) is 0.941. The van der Waals surface area contributed by atoms with Gasteiger partial charge in [-0.3, -0.25) is 0 Å². The Morgan fingerprint density at radius 1 is 1.09 bits per heavy atom. The van der Waals surface area contributed by atoms with Crippen LogP contribution in [0.4, 0.5) is 8.78 Å². The van der Waals surface area contributed by atoms with Crippen LogP contribution in [0.3, 0.4) is 0 Å². The maximum absolute atomic E-state index is 14.2. The smallest absolute Gasteiger partial charge is 0.147 e. The first-order chi connectivity index (χ1) is 11.1. The molecular weight excluding hydrogens is 292 g/mol. The largest absolute Gasteiger partial charge is 0.205 e. The lowest BCUT2D eigenvalue weighted by atomic mass is 9.76. The van der Waals surface area contributed by atoms with E-state index in [0.717, 1.165) is 30.2 Å². The zero-order valence-electron chi connectivity index (χ0n) is 13.9. The van der Waals surface area contributed by atoms with Crippen LogP contribution in [0.5, 0.6) is 0 Å². The Morgan fingerprint density at radius 3 is 2.48 bits per heavy atom. The van der Waals surface area contributed by atoms with Crippen LogP contribution in [-0.4, -0.2) is 0 Å². The average Bonchev–Trinajstić information content (AvgIpc) is 2.54. The summed E-state index contributed by atoms with van der Waals surface area (Å²) < 4.78 is 28.0. The number of hydrogen-bond donors (Lipinski definition) is 0. The first-order valence-electron chi connectivity index (χ1n) is 8.98. The highest BCUT2D eigenvalue weighted by molar-refractivity contribution is 5.42. The second-order valence-corrected chi connectivity index (χ2v) is 7.61. The number of nitriles is 1. The van der Waals surface area contributed by atoms with E-state index in [-0.39, 0.29) is 0 Å². The van der Waals surface area contributed by atoms with Crippen LogP contribution in [0.1, 0.15) is 68.6 Å². The molecule has 23 heavy (non-hydrogen) atoms. The minimum Gasteiger partial charge on any atom is -0.205 e. The highest BCUT2D eigenvalue weighted by Gasteiger charge is 2.26. The van der Waals surface area contributed by atoms with E-state index in [1.807, 2.05) is 0 Å². The molecule has 0 N–H and O–H groups in total. The van der Waals surface area contributed by atoms with Crippen molar-refractivity contribution >= 4 is 0 Å². The van der Waals surface area contributed by atoms with Crippen LogP contribution in [0.25, 0.3) is 0 Å². The third-order valence-corrected chi connectivity index (χ3v) is 5.95. The van der Waals surface area contributed by atoms with Gasteiger partial charge in [0, 0.05) is 0 Å². The van der Waals surface area contributed by atoms with Gasteiger partial charge in [-0.2, -0.15) is 5.26 Å². The lowest BCUT2D eigenvalue weighted by molar-refractivity contribution is 0.255. The molecule has 0 spiro atoms. The van der Waals surface area contributed by atoms with Gasteiger partial charge in [-0.05, 0) is 60.6 Å². The Kier molecular flexibility index (Phi) is 4.99. The molecule has 1 nitrogen and oxygen atoms in total. The highest BCUT2D eigenvalue weighted by Crippen LogP contribution is 2.36. The Bertz CT molecular complexity index is 609. The molecule has 0 aromatic heterocycles. The molecule has 0 radical (unpaired) electrons. The van der Waals surface area contributed by atoms with Crippen molar-refractivity contribution in [2.24, 2.45) is 17.8 Å². The van der Waals surface area contributed by atoms with Crippen LogP contribution in [-0.2, 0) is 12.8 Å². The van der Waals surface area contributed by atoms with Crippen LogP contribution >= 0.6 is 0 Å². The monoisotopic (exact) mass is 317 g/mol. The van der Waals surface area contributed by atoms with E-state index < -0.39 is 17.2 Å². The van der Waals surface area contributed by atoms with E-state index in [1.54, 1.807) is 6.07 Å². The van der Waals surface area contributed by atoms with Crippen molar-refractivity contribution in [3.8, 4) is 6.07 Å². The van der Waals surface area contributed by atoms with E-state index in [4.69, 9.17) is 5.26 Å². The molecule has 3 heteroatoms. The molecule has 1 fully saturated rings. The van der Waals surface area contributed by atoms with Gasteiger partial charge in [-0.1, -0.05) is 39.0 Å². The van der Waals surface area contributed by atoms with Gasteiger partial charge in [0.1, 0.15) is 23.3 Å². The molecule has 0 aliphatic heterocycles. The van der Waals surface area contributed by atoms with Crippen molar-refractivity contribution in [1.29, 1.82) is 5.26 Å². The summed E-state index contributed by atoms with van der Waals surface area (Å²) in [6, 6.07) is 3.04. The van der Waals surface area contributed by atoms with Gasteiger partial charge in [0.05, 0.1) is 0 Å². The molecule has 2 aliphatic rings. The molecule has 1 aromatic rings. The second-order valence-electron chi connectivity index (χ2n) is 7.61. The fraction of sp³-hybridized carbons (Fsp3) is 0.650. The van der Waals surface area contributed by atoms with Crippen molar-refractivity contribution in [2.75, 3.05) is 0 Å². The highest BCUT2D eigenvalue weighted by atomic mass is 19.1. The first-order valence-corrected chi connectivity index (χ1v) is 8.98. The van der Waals surface area contributed by atoms with E-state index in [9.17, 15) is 8.78 Å². The zero-order chi connectivity index (χ0) is 16.4. The Balaban J connectivity index is 1.61. The van der Waals surface area contributed by atoms with Crippen molar-refractivity contribution in [3.63, 3.8) is 0 Å². The number of benzene rings is 1. The lowest BCUT2D eigenvalue weighted by Crippen LogP contribution is -2.19. The van der Waals surface area contributed by atoms with Gasteiger partial charge in [0.15, 0.2) is 0 Å². The molecule has 0 saturated heterocycles. The normalized spacial score (nSPS) is 27.3. The van der Waals surface area contributed by atoms with E-state index in [1.165, 1.54) is 44.6 Å². The Hall–Kier alpha value is -1.43. The molecule has 124 valence electrons. The number of fused-ring (bicyclic) bond motifs is 1. The second kappa shape index (κ2) is 6.99. The number of hydrogen-bond acceptors (Lipinski definition) is 1. The molecule has 3 rings (SSSR count). The molecule has 1 unspecified atom stereocenters. The van der Waals surface area contributed by atoms with Crippen molar-refractivity contribution in [3.05, 3.63) is 34.4 Å². The van der Waals surface area contributed by atoms with E-state index in [0.29, 0.717) is 17.9 Å². The zero-order valence-corrected chi connectivity index (χ0v) is 13.9. The van der Waals surface area contributed by atoms with Crippen molar-refractivity contribution in [2.45, 2.75) is 64.7 Å². The maximum Gasteiger partial charge on any atom is 0.147 e. The first kappa shape index (κ1) is 16.4. The topological polar surface area (TPSA) is 23.8 Å². The summed E-state index contributed by atoms with van der Waals surface area (Å²) in [7, 11) is 0. The predicted molar refractivity (Wildman–Crippen MR) is 86.9 cm³/mol. The lowest BCUT2D eigenvalue weighted by Gasteiger charge is -2.29. The molecule has 0 heterocycles. The summed E-state index contributed by atoms with van der Waals surface area (Å²) >= 11 is 0. The van der Waals surface area contributed by atoms with Crippen molar-refractivity contribution in [1.82, 2.24) is 0 Å². The molecular formula is C20H25F2N. The third kappa shape index (κ3) is 3.57.